The van der Waals surface area contributed by atoms with E-state index in [0.29, 0.717) is 25.0 Å². The summed E-state index contributed by atoms with van der Waals surface area (Å²) in [7, 11) is 0. The lowest BCUT2D eigenvalue weighted by atomic mass is 9.89. The third-order valence-corrected chi connectivity index (χ3v) is 7.16. The molecular formula is C30H29N5O3. The number of fused-ring (bicyclic) bond motifs is 3. The molecule has 2 aromatic carbocycles. The zero-order chi connectivity index (χ0) is 26.4. The Kier molecular flexibility index (Phi) is 5.94. The van der Waals surface area contributed by atoms with E-state index in [1.807, 2.05) is 32.9 Å². The summed E-state index contributed by atoms with van der Waals surface area (Å²) < 4.78 is 12.8. The van der Waals surface area contributed by atoms with E-state index in [4.69, 9.17) is 19.2 Å². The highest BCUT2D eigenvalue weighted by atomic mass is 16.5. The van der Waals surface area contributed by atoms with Crippen molar-refractivity contribution in [1.82, 2.24) is 24.7 Å². The number of H-pyrrole nitrogens is 1. The van der Waals surface area contributed by atoms with Gasteiger partial charge in [-0.3, -0.25) is 14.1 Å². The highest BCUT2D eigenvalue weighted by Crippen LogP contribution is 2.38. The van der Waals surface area contributed by atoms with Crippen LogP contribution in [-0.4, -0.2) is 31.3 Å². The van der Waals surface area contributed by atoms with Gasteiger partial charge in [0.1, 0.15) is 5.52 Å². The Morgan fingerprint density at radius 3 is 2.63 bits per heavy atom. The number of pyridine rings is 1. The van der Waals surface area contributed by atoms with Gasteiger partial charge in [0.2, 0.25) is 0 Å². The molecule has 192 valence electrons. The molecule has 0 radical (unpaired) electrons. The molecule has 3 heterocycles. The number of imidazole rings is 1. The maximum absolute atomic E-state index is 11.7. The molecular weight excluding hydrogens is 478 g/mol. The smallest absolute Gasteiger partial charge is 0.439 e. The van der Waals surface area contributed by atoms with Crippen molar-refractivity contribution in [2.75, 3.05) is 6.61 Å². The Hall–Kier alpha value is -4.46. The normalized spacial score (nSPS) is 14.2. The van der Waals surface area contributed by atoms with Gasteiger partial charge in [-0.05, 0) is 85.6 Å². The van der Waals surface area contributed by atoms with Crippen LogP contribution >= 0.6 is 0 Å². The summed E-state index contributed by atoms with van der Waals surface area (Å²) in [4.78, 5) is 24.0. The monoisotopic (exact) mass is 507 g/mol. The largest absolute Gasteiger partial charge is 0.465 e. The molecule has 6 rings (SSSR count). The lowest BCUT2D eigenvalue weighted by Gasteiger charge is -2.16. The van der Waals surface area contributed by atoms with Crippen LogP contribution in [-0.2, 0) is 19.4 Å². The van der Waals surface area contributed by atoms with Crippen molar-refractivity contribution in [3.63, 3.8) is 0 Å². The second-order valence-electron chi connectivity index (χ2n) is 9.76. The Labute approximate surface area is 220 Å². The first-order chi connectivity index (χ1) is 18.4. The number of rotatable bonds is 5. The van der Waals surface area contributed by atoms with Crippen molar-refractivity contribution in [2.24, 2.45) is 0 Å². The Morgan fingerprint density at radius 1 is 1.05 bits per heavy atom. The van der Waals surface area contributed by atoms with Crippen LogP contribution in [0.2, 0.25) is 0 Å². The van der Waals surface area contributed by atoms with Gasteiger partial charge < -0.3 is 4.74 Å². The van der Waals surface area contributed by atoms with E-state index in [1.165, 1.54) is 11.1 Å². The predicted octanol–water partition coefficient (Wildman–Crippen LogP) is 5.25. The zero-order valence-electron chi connectivity index (χ0n) is 22.0. The molecule has 0 aliphatic heterocycles. The summed E-state index contributed by atoms with van der Waals surface area (Å²) in [6.07, 6.45) is 1.81. The molecule has 1 aliphatic rings. The quantitative estimate of drug-likeness (QED) is 0.349. The van der Waals surface area contributed by atoms with Crippen LogP contribution in [0.15, 0.2) is 57.8 Å². The molecule has 0 saturated heterocycles. The van der Waals surface area contributed by atoms with Crippen molar-refractivity contribution in [3.05, 3.63) is 104 Å². The topological polar surface area (TPSA) is 98.8 Å². The van der Waals surface area contributed by atoms with E-state index in [0.717, 1.165) is 63.1 Å². The van der Waals surface area contributed by atoms with E-state index in [-0.39, 0.29) is 0 Å². The van der Waals surface area contributed by atoms with Crippen molar-refractivity contribution >= 4 is 22.3 Å². The van der Waals surface area contributed by atoms with E-state index in [1.54, 1.807) is 0 Å². The van der Waals surface area contributed by atoms with Crippen LogP contribution in [0.4, 0.5) is 0 Å². The van der Waals surface area contributed by atoms with E-state index in [2.05, 4.69) is 58.0 Å². The number of aryl methyl sites for hydroxylation is 4. The van der Waals surface area contributed by atoms with Crippen molar-refractivity contribution in [1.29, 1.82) is 0 Å². The van der Waals surface area contributed by atoms with Gasteiger partial charge in [-0.2, -0.15) is 4.98 Å². The number of ether oxygens (including phenoxy) is 1. The number of nitrogens with one attached hydrogen (secondary N) is 1. The van der Waals surface area contributed by atoms with Crippen molar-refractivity contribution in [3.8, 4) is 6.01 Å². The lowest BCUT2D eigenvalue weighted by Crippen LogP contribution is -2.07. The molecule has 0 amide bonds. The lowest BCUT2D eigenvalue weighted by molar-refractivity contribution is 0.301. The van der Waals surface area contributed by atoms with Gasteiger partial charge in [0.05, 0.1) is 13.2 Å². The molecule has 1 N–H and O–H groups in total. The van der Waals surface area contributed by atoms with Crippen LogP contribution in [0.5, 0.6) is 6.01 Å². The highest BCUT2D eigenvalue weighted by molar-refractivity contribution is 5.98. The fourth-order valence-corrected chi connectivity index (χ4v) is 5.45. The second-order valence-corrected chi connectivity index (χ2v) is 9.76. The summed E-state index contributed by atoms with van der Waals surface area (Å²) in [5.41, 5.74) is 11.6. The van der Waals surface area contributed by atoms with Crippen LogP contribution < -0.4 is 10.5 Å². The maximum atomic E-state index is 11.7. The molecule has 0 saturated carbocycles. The number of allylic oxidation sites excluding steroid dienone is 1. The molecule has 0 unspecified atom stereocenters. The molecule has 0 atom stereocenters. The maximum Gasteiger partial charge on any atom is 0.439 e. The first-order valence-electron chi connectivity index (χ1n) is 12.9. The van der Waals surface area contributed by atoms with Gasteiger partial charge in [0.25, 0.3) is 6.01 Å². The first kappa shape index (κ1) is 23.9. The fraction of sp³-hybridized carbons (Fsp3) is 0.267. The molecule has 38 heavy (non-hydrogen) atoms. The third kappa shape index (κ3) is 4.12. The summed E-state index contributed by atoms with van der Waals surface area (Å²) in [5.74, 6) is -0.117. The van der Waals surface area contributed by atoms with E-state index >= 15 is 0 Å². The van der Waals surface area contributed by atoms with E-state index in [9.17, 15) is 4.79 Å². The minimum absolute atomic E-state index is 0.444. The van der Waals surface area contributed by atoms with Gasteiger partial charge in [-0.1, -0.05) is 47.6 Å². The summed E-state index contributed by atoms with van der Waals surface area (Å²) in [6, 6.07) is 17.6. The van der Waals surface area contributed by atoms with Gasteiger partial charge in [0.15, 0.2) is 11.5 Å². The van der Waals surface area contributed by atoms with E-state index < -0.39 is 5.76 Å². The minimum atomic E-state index is -0.561. The van der Waals surface area contributed by atoms with Crippen LogP contribution in [0.25, 0.3) is 22.3 Å². The molecule has 8 nitrogen and oxygen atoms in total. The Morgan fingerprint density at radius 2 is 1.84 bits per heavy atom. The number of aromatic amines is 1. The average molecular weight is 508 g/mol. The van der Waals surface area contributed by atoms with Crippen LogP contribution in [0, 0.1) is 13.8 Å². The van der Waals surface area contributed by atoms with Gasteiger partial charge in [-0.15, -0.1) is 0 Å². The van der Waals surface area contributed by atoms with Gasteiger partial charge in [0, 0.05) is 11.3 Å². The summed E-state index contributed by atoms with van der Waals surface area (Å²) in [6.45, 7) is 9.13. The third-order valence-electron chi connectivity index (χ3n) is 7.16. The van der Waals surface area contributed by atoms with Gasteiger partial charge in [-0.25, -0.2) is 9.78 Å². The molecule has 8 heteroatoms. The zero-order valence-corrected chi connectivity index (χ0v) is 22.0. The number of nitrogens with zero attached hydrogens (tertiary/aromatic N) is 4. The highest BCUT2D eigenvalue weighted by Gasteiger charge is 2.23. The van der Waals surface area contributed by atoms with Gasteiger partial charge >= 0.3 is 5.76 Å². The molecule has 5 aromatic rings. The summed E-state index contributed by atoms with van der Waals surface area (Å²) >= 11 is 0. The molecule has 0 bridgehead atoms. The van der Waals surface area contributed by atoms with Crippen LogP contribution in [0.1, 0.15) is 58.7 Å². The average Bonchev–Trinajstić information content (AvgIpc) is 3.43. The summed E-state index contributed by atoms with van der Waals surface area (Å²) in [5, 5.41) is 3.97. The number of aromatic nitrogens is 5. The predicted molar refractivity (Wildman–Crippen MR) is 146 cm³/mol. The van der Waals surface area contributed by atoms with Crippen LogP contribution in [0.3, 0.4) is 0 Å². The molecule has 3 aromatic heterocycles. The second kappa shape index (κ2) is 9.45. The minimum Gasteiger partial charge on any atom is -0.465 e. The van der Waals surface area contributed by atoms with Crippen molar-refractivity contribution in [2.45, 2.75) is 47.1 Å². The van der Waals surface area contributed by atoms with Crippen molar-refractivity contribution < 1.29 is 9.26 Å². The SMILES string of the molecule is CCOc1nc2c(C)cc(C)nc2n1Cc1ccc2c(c1)CCc1ccccc1/C2=C(/C)c1noc(=O)[nH]1. The Balaban J connectivity index is 1.48. The number of hydrogen-bond donors (Lipinski definition) is 1. The number of hydrogen-bond acceptors (Lipinski definition) is 6. The molecule has 0 fully saturated rings. The Bertz CT molecular complexity index is 1770. The standard InChI is InChI=1S/C30H29N5O3/c1-5-37-29-32-26-17(2)14-18(3)31-28(26)35(29)16-20-10-13-24-22(15-20)12-11-21-8-6-7-9-23(21)25(24)19(4)27-33-30(36)38-34-27/h6-10,13-15H,5,11-12,16H2,1-4H3,(H,33,34,36)/b25-19+. The molecule has 0 spiro atoms. The number of benzene rings is 2. The fourth-order valence-electron chi connectivity index (χ4n) is 5.45. The molecule has 1 aliphatic carbocycles. The first-order valence-corrected chi connectivity index (χ1v) is 12.9.